The van der Waals surface area contributed by atoms with Crippen LogP contribution in [-0.4, -0.2) is 22.7 Å². The highest BCUT2D eigenvalue weighted by Crippen LogP contribution is 2.28. The van der Waals surface area contributed by atoms with Gasteiger partial charge in [0, 0.05) is 10.7 Å². The van der Waals surface area contributed by atoms with Gasteiger partial charge in [0.15, 0.2) is 0 Å². The zero-order valence-corrected chi connectivity index (χ0v) is 19.5. The summed E-state index contributed by atoms with van der Waals surface area (Å²) in [5, 5.41) is 2.82. The molecule has 0 unspecified atom stereocenters. The molecule has 2 N–H and O–H groups in total. The fourth-order valence-corrected chi connectivity index (χ4v) is 4.64. The van der Waals surface area contributed by atoms with Crippen LogP contribution in [0.4, 0.5) is 15.3 Å². The third kappa shape index (κ3) is 5.70. The summed E-state index contributed by atoms with van der Waals surface area (Å²) in [6.07, 6.45) is 0. The van der Waals surface area contributed by atoms with Crippen molar-refractivity contribution in [3.63, 3.8) is 0 Å². The Hall–Kier alpha value is -2.37. The van der Waals surface area contributed by atoms with Gasteiger partial charge in [0.25, 0.3) is 15.9 Å². The van der Waals surface area contributed by atoms with Crippen molar-refractivity contribution < 1.29 is 25.5 Å². The molecule has 0 fully saturated rings. The molecule has 0 aliphatic heterocycles. The van der Waals surface area contributed by atoms with Crippen LogP contribution in [-0.2, 0) is 20.2 Å². The van der Waals surface area contributed by atoms with Crippen molar-refractivity contribution in [3.8, 4) is 0 Å². The van der Waals surface area contributed by atoms with Crippen LogP contribution >= 0.6 is 34.8 Å². The van der Waals surface area contributed by atoms with Crippen LogP contribution in [0.15, 0.2) is 70.5 Å². The lowest BCUT2D eigenvalue weighted by molar-refractivity contribution is 0.102. The molecule has 0 spiro atoms. The van der Waals surface area contributed by atoms with Crippen molar-refractivity contribution in [1.82, 2.24) is 0 Å². The fraction of sp³-hybridized carbons (Fsp3) is 0. The maximum Gasteiger partial charge on any atom is 0.332 e. The number of sulfonamides is 1. The molecule has 0 saturated heterocycles. The molecule has 7 nitrogen and oxygen atoms in total. The molecule has 0 aromatic heterocycles. The van der Waals surface area contributed by atoms with E-state index in [0.29, 0.717) is 0 Å². The quantitative estimate of drug-likeness (QED) is 0.412. The normalized spacial score (nSPS) is 11.8. The Morgan fingerprint density at radius 2 is 1.41 bits per heavy atom. The molecule has 0 bridgehead atoms. The summed E-state index contributed by atoms with van der Waals surface area (Å²) in [6.45, 7) is 0. The third-order valence-electron chi connectivity index (χ3n) is 4.07. The van der Waals surface area contributed by atoms with Gasteiger partial charge in [0.1, 0.15) is 0 Å². The van der Waals surface area contributed by atoms with E-state index in [4.69, 9.17) is 34.8 Å². The first-order valence-corrected chi connectivity index (χ1v) is 12.5. The van der Waals surface area contributed by atoms with Crippen LogP contribution in [0.1, 0.15) is 10.4 Å². The van der Waals surface area contributed by atoms with Crippen LogP contribution in [0, 0.1) is 0 Å². The van der Waals surface area contributed by atoms with E-state index in [9.17, 15) is 25.5 Å². The topological polar surface area (TPSA) is 109 Å². The average Bonchev–Trinajstić information content (AvgIpc) is 2.70. The molecule has 0 aliphatic carbocycles. The summed E-state index contributed by atoms with van der Waals surface area (Å²) in [5.74, 6) is -0.754. The van der Waals surface area contributed by atoms with Gasteiger partial charge < -0.3 is 5.32 Å². The van der Waals surface area contributed by atoms with Crippen LogP contribution in [0.25, 0.3) is 0 Å². The number of amides is 1. The molecule has 0 heterocycles. The second kappa shape index (κ2) is 9.24. The molecule has 0 radical (unpaired) electrons. The minimum absolute atomic E-state index is 0.0300. The van der Waals surface area contributed by atoms with E-state index >= 15 is 0 Å². The number of carbonyl (C=O) groups is 1. The van der Waals surface area contributed by atoms with E-state index in [2.05, 4.69) is 10.0 Å². The van der Waals surface area contributed by atoms with E-state index in [1.54, 1.807) is 0 Å². The Labute approximate surface area is 198 Å². The summed E-state index contributed by atoms with van der Waals surface area (Å²) in [6, 6.07) is 11.9. The molecule has 3 aromatic carbocycles. The van der Waals surface area contributed by atoms with E-state index in [1.807, 2.05) is 0 Å². The van der Waals surface area contributed by atoms with Crippen molar-refractivity contribution >= 4 is 72.3 Å². The van der Waals surface area contributed by atoms with Crippen LogP contribution in [0.2, 0.25) is 15.1 Å². The van der Waals surface area contributed by atoms with E-state index in [-0.39, 0.29) is 36.9 Å². The smallest absolute Gasteiger partial charge is 0.322 e. The van der Waals surface area contributed by atoms with Crippen LogP contribution in [0.5, 0.6) is 0 Å². The summed E-state index contributed by atoms with van der Waals surface area (Å²) >= 11 is 17.7. The first-order valence-electron chi connectivity index (χ1n) is 8.50. The number of carbonyl (C=O) groups excluding carboxylic acids is 1. The molecule has 32 heavy (non-hydrogen) atoms. The molecule has 1 amide bonds. The number of rotatable bonds is 6. The van der Waals surface area contributed by atoms with Gasteiger partial charge in [0.2, 0.25) is 0 Å². The first kappa shape index (κ1) is 24.3. The number of hydrogen-bond acceptors (Lipinski definition) is 5. The van der Waals surface area contributed by atoms with Gasteiger partial charge in [-0.2, -0.15) is 8.42 Å². The maximum atomic E-state index is 13.0. The summed E-state index contributed by atoms with van der Waals surface area (Å²) in [5.41, 5.74) is -0.0649. The van der Waals surface area contributed by atoms with Gasteiger partial charge in [0.05, 0.1) is 31.1 Å². The van der Waals surface area contributed by atoms with Crippen molar-refractivity contribution in [2.24, 2.45) is 0 Å². The lowest BCUT2D eigenvalue weighted by atomic mass is 10.1. The van der Waals surface area contributed by atoms with Gasteiger partial charge in [-0.1, -0.05) is 34.8 Å². The van der Waals surface area contributed by atoms with Gasteiger partial charge in [-0.25, -0.2) is 8.42 Å². The number of nitrogens with one attached hydrogen (secondary N) is 2. The predicted octanol–water partition coefficient (Wildman–Crippen LogP) is 5.36. The SMILES string of the molecule is O=C(Nc1ccc(S(=O)(=O)F)cc1)c1cc(Cl)ccc1NS(=O)(=O)c1ccc(Cl)c(Cl)c1. The van der Waals surface area contributed by atoms with Crippen LogP contribution < -0.4 is 10.0 Å². The number of halogens is 4. The van der Waals surface area contributed by atoms with E-state index in [0.717, 1.165) is 18.2 Å². The standard InChI is InChI=1S/C19H12Cl3FN2O5S2/c20-11-1-8-18(25-32(29,30)14-6-7-16(21)17(22)10-14)15(9-11)19(26)24-12-2-4-13(5-3-12)31(23,27)28/h1-10,25H,(H,24,26). The second-order valence-electron chi connectivity index (χ2n) is 6.29. The minimum atomic E-state index is -4.89. The van der Waals surface area contributed by atoms with Gasteiger partial charge in [-0.3, -0.25) is 9.52 Å². The predicted molar refractivity (Wildman–Crippen MR) is 121 cm³/mol. The largest absolute Gasteiger partial charge is 0.332 e. The monoisotopic (exact) mass is 536 g/mol. The molecule has 3 aromatic rings. The highest BCUT2D eigenvalue weighted by atomic mass is 35.5. The Morgan fingerprint density at radius 1 is 0.781 bits per heavy atom. The van der Waals surface area contributed by atoms with Crippen molar-refractivity contribution in [2.75, 3.05) is 10.0 Å². The lowest BCUT2D eigenvalue weighted by Gasteiger charge is -2.14. The molecule has 0 atom stereocenters. The van der Waals surface area contributed by atoms with Gasteiger partial charge >= 0.3 is 10.2 Å². The van der Waals surface area contributed by atoms with E-state index in [1.165, 1.54) is 42.5 Å². The summed E-state index contributed by atoms with van der Waals surface area (Å²) in [4.78, 5) is 12.0. The number of benzene rings is 3. The lowest BCUT2D eigenvalue weighted by Crippen LogP contribution is -2.18. The van der Waals surface area contributed by atoms with Gasteiger partial charge in [-0.05, 0) is 60.7 Å². The zero-order chi connectivity index (χ0) is 23.7. The van der Waals surface area contributed by atoms with Crippen molar-refractivity contribution in [1.29, 1.82) is 0 Å². The zero-order valence-electron chi connectivity index (χ0n) is 15.6. The highest BCUT2D eigenvalue weighted by Gasteiger charge is 2.21. The van der Waals surface area contributed by atoms with E-state index < -0.39 is 31.0 Å². The number of hydrogen-bond donors (Lipinski definition) is 2. The third-order valence-corrected chi connectivity index (χ3v) is 7.24. The minimum Gasteiger partial charge on any atom is -0.322 e. The Balaban J connectivity index is 1.90. The number of anilines is 2. The molecule has 0 saturated carbocycles. The molecule has 168 valence electrons. The second-order valence-corrected chi connectivity index (χ2v) is 10.6. The van der Waals surface area contributed by atoms with Crippen LogP contribution in [0.3, 0.4) is 0 Å². The average molecular weight is 538 g/mol. The Morgan fingerprint density at radius 3 is 2.00 bits per heavy atom. The molecule has 0 aliphatic rings. The molecular weight excluding hydrogens is 526 g/mol. The summed E-state index contributed by atoms with van der Waals surface area (Å²) in [7, 11) is -9.03. The van der Waals surface area contributed by atoms with Crippen molar-refractivity contribution in [2.45, 2.75) is 9.79 Å². The fourth-order valence-electron chi connectivity index (χ4n) is 2.54. The van der Waals surface area contributed by atoms with Gasteiger partial charge in [-0.15, -0.1) is 3.89 Å². The van der Waals surface area contributed by atoms with Crippen molar-refractivity contribution in [3.05, 3.63) is 81.3 Å². The maximum absolute atomic E-state index is 13.0. The molecular formula is C19H12Cl3FN2O5S2. The highest BCUT2D eigenvalue weighted by molar-refractivity contribution is 7.92. The summed E-state index contributed by atoms with van der Waals surface area (Å²) < 4.78 is 62.6. The molecule has 3 rings (SSSR count). The first-order chi connectivity index (χ1) is 14.9. The molecule has 13 heteroatoms. The Kier molecular flexibility index (Phi) is 7.01. The Bertz CT molecular complexity index is 1410.